The summed E-state index contributed by atoms with van der Waals surface area (Å²) in [6, 6.07) is 6.18. The third kappa shape index (κ3) is 4.49. The largest absolute Gasteiger partial charge is 0.387 e. The Balaban J connectivity index is 1.30. The first-order chi connectivity index (χ1) is 12.9. The van der Waals surface area contributed by atoms with Crippen molar-refractivity contribution < 1.29 is 14.6 Å². The molecule has 2 aliphatic carbocycles. The van der Waals surface area contributed by atoms with Gasteiger partial charge in [0.05, 0.1) is 29.4 Å². The van der Waals surface area contributed by atoms with Crippen molar-refractivity contribution in [1.82, 2.24) is 10.3 Å². The van der Waals surface area contributed by atoms with Gasteiger partial charge in [0, 0.05) is 21.2 Å². The van der Waals surface area contributed by atoms with Crippen LogP contribution >= 0.6 is 22.6 Å². The topological polar surface area (TPSA) is 74.3 Å². The highest BCUT2D eigenvalue weighted by Gasteiger charge is 2.40. The minimum atomic E-state index is -0.684. The Kier molecular flexibility index (Phi) is 5.49. The minimum Gasteiger partial charge on any atom is -0.387 e. The number of benzene rings is 1. The summed E-state index contributed by atoms with van der Waals surface area (Å²) in [4.78, 5) is 16.0. The smallest absolute Gasteiger partial charge is 0.253 e. The summed E-state index contributed by atoms with van der Waals surface area (Å²) in [7, 11) is 0. The number of nitrogens with one attached hydrogen (secondary N) is 2. The van der Waals surface area contributed by atoms with Crippen LogP contribution in [-0.4, -0.2) is 40.4 Å². The van der Waals surface area contributed by atoms with Gasteiger partial charge in [0.1, 0.15) is 0 Å². The van der Waals surface area contributed by atoms with E-state index in [-0.39, 0.29) is 18.1 Å². The lowest BCUT2D eigenvalue weighted by molar-refractivity contribution is -0.0835. The number of hydrogen-bond donors (Lipinski definition) is 3. The van der Waals surface area contributed by atoms with Crippen LogP contribution in [0.5, 0.6) is 0 Å². The summed E-state index contributed by atoms with van der Waals surface area (Å²) in [5, 5.41) is 14.6. The number of H-pyrrole nitrogens is 1. The molecule has 2 fully saturated rings. The van der Waals surface area contributed by atoms with Gasteiger partial charge in [-0.25, -0.2) is 0 Å². The number of carbonyl (C=O) groups is 1. The minimum absolute atomic E-state index is 0.0120. The van der Waals surface area contributed by atoms with Crippen molar-refractivity contribution in [3.63, 3.8) is 0 Å². The van der Waals surface area contributed by atoms with Crippen LogP contribution in [0.3, 0.4) is 0 Å². The van der Waals surface area contributed by atoms with Gasteiger partial charge in [0.25, 0.3) is 5.91 Å². The van der Waals surface area contributed by atoms with E-state index in [0.717, 1.165) is 53.0 Å². The number of fused-ring (bicyclic) bond motifs is 1. The van der Waals surface area contributed by atoms with Gasteiger partial charge in [-0.05, 0) is 92.2 Å². The molecule has 1 aromatic heterocycles. The Morgan fingerprint density at radius 2 is 2.04 bits per heavy atom. The van der Waals surface area contributed by atoms with Gasteiger partial charge in [-0.15, -0.1) is 0 Å². The van der Waals surface area contributed by atoms with Crippen molar-refractivity contribution in [1.29, 1.82) is 0 Å². The lowest BCUT2D eigenvalue weighted by Crippen LogP contribution is -2.41. The van der Waals surface area contributed by atoms with Crippen LogP contribution in [-0.2, 0) is 4.74 Å². The van der Waals surface area contributed by atoms with Crippen LogP contribution in [0.1, 0.15) is 55.8 Å². The van der Waals surface area contributed by atoms with E-state index >= 15 is 0 Å². The Bertz CT molecular complexity index is 820. The second kappa shape index (κ2) is 7.72. The molecule has 146 valence electrons. The highest BCUT2D eigenvalue weighted by atomic mass is 127. The van der Waals surface area contributed by atoms with Crippen molar-refractivity contribution in [3.8, 4) is 0 Å². The molecule has 0 radical (unpaired) electrons. The molecule has 27 heavy (non-hydrogen) atoms. The number of rotatable bonds is 6. The van der Waals surface area contributed by atoms with Gasteiger partial charge in [-0.1, -0.05) is 0 Å². The second-order valence-corrected chi connectivity index (χ2v) is 9.53. The van der Waals surface area contributed by atoms with Crippen LogP contribution in [0.15, 0.2) is 24.4 Å². The van der Waals surface area contributed by atoms with Gasteiger partial charge in [-0.3, -0.25) is 4.79 Å². The molecule has 2 saturated carbocycles. The first-order valence-corrected chi connectivity index (χ1v) is 10.9. The van der Waals surface area contributed by atoms with Crippen molar-refractivity contribution in [2.24, 2.45) is 5.92 Å². The summed E-state index contributed by atoms with van der Waals surface area (Å²) in [6.45, 7) is 2.31. The normalized spacial score (nSPS) is 25.3. The van der Waals surface area contributed by atoms with Crippen LogP contribution in [0.4, 0.5) is 0 Å². The fourth-order valence-corrected chi connectivity index (χ4v) is 4.71. The zero-order chi connectivity index (χ0) is 19.0. The molecule has 1 heterocycles. The molecule has 0 bridgehead atoms. The predicted octanol–water partition coefficient (Wildman–Crippen LogP) is 3.99. The molecule has 0 saturated heterocycles. The Morgan fingerprint density at radius 1 is 1.30 bits per heavy atom. The van der Waals surface area contributed by atoms with Crippen LogP contribution in [0.25, 0.3) is 10.9 Å². The molecule has 1 unspecified atom stereocenters. The Labute approximate surface area is 173 Å². The molecule has 1 aromatic carbocycles. The highest BCUT2D eigenvalue weighted by Crippen LogP contribution is 2.40. The molecule has 3 N–H and O–H groups in total. The van der Waals surface area contributed by atoms with Gasteiger partial charge in [0.15, 0.2) is 0 Å². The van der Waals surface area contributed by atoms with Gasteiger partial charge < -0.3 is 20.1 Å². The van der Waals surface area contributed by atoms with Crippen molar-refractivity contribution >= 4 is 39.4 Å². The molecule has 5 nitrogen and oxygen atoms in total. The molecule has 6 heteroatoms. The number of aromatic nitrogens is 1. The predicted molar refractivity (Wildman–Crippen MR) is 114 cm³/mol. The van der Waals surface area contributed by atoms with E-state index in [0.29, 0.717) is 18.1 Å². The number of aliphatic hydroxyl groups is 1. The second-order valence-electron chi connectivity index (χ2n) is 8.28. The SMILES string of the molecule is CC(O)(COC1CCC(NC(=O)c2cc(I)cc3cc[nH]c23)CC1)C1CC1. The van der Waals surface area contributed by atoms with E-state index in [4.69, 9.17) is 4.74 Å². The molecule has 1 amide bonds. The van der Waals surface area contributed by atoms with E-state index in [1.54, 1.807) is 0 Å². The van der Waals surface area contributed by atoms with Gasteiger partial charge >= 0.3 is 0 Å². The molecular formula is C21H27IN2O3. The van der Waals surface area contributed by atoms with Crippen LogP contribution in [0, 0.1) is 9.49 Å². The summed E-state index contributed by atoms with van der Waals surface area (Å²) < 4.78 is 7.04. The van der Waals surface area contributed by atoms with Gasteiger partial charge in [-0.2, -0.15) is 0 Å². The molecule has 2 aromatic rings. The Morgan fingerprint density at radius 3 is 2.74 bits per heavy atom. The molecular weight excluding hydrogens is 455 g/mol. The van der Waals surface area contributed by atoms with E-state index in [1.807, 2.05) is 25.3 Å². The van der Waals surface area contributed by atoms with Crippen LogP contribution in [0.2, 0.25) is 0 Å². The summed E-state index contributed by atoms with van der Waals surface area (Å²) in [5.41, 5.74) is 0.921. The van der Waals surface area contributed by atoms with Crippen molar-refractivity contribution in [2.45, 2.75) is 63.2 Å². The lowest BCUT2D eigenvalue weighted by atomic mass is 9.92. The molecule has 0 spiro atoms. The monoisotopic (exact) mass is 482 g/mol. The maximum absolute atomic E-state index is 12.8. The van der Waals surface area contributed by atoms with E-state index in [1.165, 1.54) is 0 Å². The molecule has 0 aliphatic heterocycles. The summed E-state index contributed by atoms with van der Waals surface area (Å²) >= 11 is 2.25. The number of halogens is 1. The lowest BCUT2D eigenvalue weighted by Gasteiger charge is -2.32. The molecule has 4 rings (SSSR count). The third-order valence-corrected chi connectivity index (χ3v) is 6.57. The fraction of sp³-hybridized carbons (Fsp3) is 0.571. The number of ether oxygens (including phenoxy) is 1. The van der Waals surface area contributed by atoms with E-state index in [2.05, 4.69) is 39.0 Å². The molecule has 2 aliphatic rings. The average molecular weight is 482 g/mol. The molecule has 1 atom stereocenters. The van der Waals surface area contributed by atoms with Crippen LogP contribution < -0.4 is 5.32 Å². The zero-order valence-electron chi connectivity index (χ0n) is 15.6. The number of carbonyl (C=O) groups excluding carboxylic acids is 1. The highest BCUT2D eigenvalue weighted by molar-refractivity contribution is 14.1. The van der Waals surface area contributed by atoms with E-state index < -0.39 is 5.60 Å². The number of hydrogen-bond acceptors (Lipinski definition) is 3. The first kappa shape index (κ1) is 19.2. The zero-order valence-corrected chi connectivity index (χ0v) is 17.8. The first-order valence-electron chi connectivity index (χ1n) is 9.84. The average Bonchev–Trinajstić information content (AvgIpc) is 3.40. The maximum Gasteiger partial charge on any atom is 0.253 e. The number of aromatic amines is 1. The Hall–Kier alpha value is -1.12. The quantitative estimate of drug-likeness (QED) is 0.546. The fourth-order valence-electron chi connectivity index (χ4n) is 4.06. The number of amides is 1. The summed E-state index contributed by atoms with van der Waals surface area (Å²) in [6.07, 6.45) is 7.97. The van der Waals surface area contributed by atoms with E-state index in [9.17, 15) is 9.90 Å². The van der Waals surface area contributed by atoms with Gasteiger partial charge in [0.2, 0.25) is 0 Å². The maximum atomic E-state index is 12.8. The van der Waals surface area contributed by atoms with Crippen molar-refractivity contribution in [2.75, 3.05) is 6.61 Å². The third-order valence-electron chi connectivity index (χ3n) is 5.95. The standard InChI is InChI=1S/C21H27IN2O3/c1-21(26,14-2-3-14)12-27-17-6-4-16(5-7-17)24-20(25)18-11-15(22)10-13-8-9-23-19(13)18/h8-11,14,16-17,23,26H,2-7,12H2,1H3,(H,24,25). The summed E-state index contributed by atoms with van der Waals surface area (Å²) in [5.74, 6) is 0.397. The van der Waals surface area contributed by atoms with Crippen molar-refractivity contribution in [3.05, 3.63) is 33.5 Å².